The number of halogens is 1. The monoisotopic (exact) mass is 593 g/mol. The summed E-state index contributed by atoms with van der Waals surface area (Å²) in [6.07, 6.45) is 4.46. The van der Waals surface area contributed by atoms with E-state index in [0.717, 1.165) is 63.0 Å². The largest absolute Gasteiger partial charge is 0.345 e. The number of nitrogens with one attached hydrogen (secondary N) is 1. The molecule has 0 aliphatic carbocycles. The Kier molecular flexibility index (Phi) is 8.82. The van der Waals surface area contributed by atoms with Gasteiger partial charge in [-0.2, -0.15) is 0 Å². The predicted molar refractivity (Wildman–Crippen MR) is 160 cm³/mol. The number of piperidine rings is 1. The van der Waals surface area contributed by atoms with E-state index in [1.165, 1.54) is 6.26 Å². The van der Waals surface area contributed by atoms with Crippen LogP contribution in [0.5, 0.6) is 0 Å². The van der Waals surface area contributed by atoms with Crippen molar-refractivity contribution in [1.82, 2.24) is 15.1 Å². The number of amides is 2. The Bertz CT molecular complexity index is 1470. The molecule has 9 heteroatoms. The lowest BCUT2D eigenvalue weighted by Crippen LogP contribution is -2.45. The molecule has 2 amide bonds. The van der Waals surface area contributed by atoms with Crippen LogP contribution < -0.4 is 5.32 Å². The summed E-state index contributed by atoms with van der Waals surface area (Å²) in [6, 6.07) is 23.6. The van der Waals surface area contributed by atoms with Crippen molar-refractivity contribution in [2.75, 3.05) is 32.4 Å². The molecule has 7 nitrogen and oxygen atoms in total. The number of hydrogen-bond donors (Lipinski definition) is 1. The lowest BCUT2D eigenvalue weighted by atomic mass is 9.77. The third-order valence-corrected chi connectivity index (χ3v) is 9.87. The van der Waals surface area contributed by atoms with Crippen LogP contribution in [0, 0.1) is 5.41 Å². The van der Waals surface area contributed by atoms with Crippen LogP contribution in [0.15, 0.2) is 83.8 Å². The number of likely N-dealkylation sites (tertiary alicyclic amines) is 2. The molecular weight excluding hydrogens is 558 g/mol. The van der Waals surface area contributed by atoms with E-state index in [2.05, 4.69) is 10.2 Å². The van der Waals surface area contributed by atoms with Crippen molar-refractivity contribution in [3.8, 4) is 0 Å². The highest BCUT2D eigenvalue weighted by Crippen LogP contribution is 2.42. The smallest absolute Gasteiger partial charge is 0.251 e. The van der Waals surface area contributed by atoms with Crippen LogP contribution in [0.3, 0.4) is 0 Å². The highest BCUT2D eigenvalue weighted by atomic mass is 35.5. The van der Waals surface area contributed by atoms with Gasteiger partial charge in [-0.15, -0.1) is 0 Å². The zero-order valence-electron chi connectivity index (χ0n) is 23.3. The summed E-state index contributed by atoms with van der Waals surface area (Å²) < 4.78 is 23.5. The van der Waals surface area contributed by atoms with E-state index < -0.39 is 9.84 Å². The van der Waals surface area contributed by atoms with E-state index in [0.29, 0.717) is 17.1 Å². The van der Waals surface area contributed by atoms with E-state index in [-0.39, 0.29) is 28.2 Å². The van der Waals surface area contributed by atoms with Gasteiger partial charge in [-0.25, -0.2) is 8.42 Å². The number of hydrogen-bond acceptors (Lipinski definition) is 5. The van der Waals surface area contributed by atoms with Gasteiger partial charge in [0.1, 0.15) is 0 Å². The maximum absolute atomic E-state index is 13.5. The average Bonchev–Trinajstić information content (AvgIpc) is 3.26. The molecule has 0 bridgehead atoms. The Balaban J connectivity index is 1.16. The Morgan fingerprint density at radius 2 is 1.56 bits per heavy atom. The first-order valence-corrected chi connectivity index (χ1v) is 16.3. The predicted octanol–water partition coefficient (Wildman–Crippen LogP) is 5.12. The van der Waals surface area contributed by atoms with Gasteiger partial charge < -0.3 is 15.1 Å². The van der Waals surface area contributed by atoms with Crippen molar-refractivity contribution in [1.29, 1.82) is 0 Å². The standard InChI is InChI=1S/C32H36ClN3O4S/c1-41(39,40)28-13-7-24(8-14-28)23-36-22-18-32(31(36)38)16-20-35(21-17-32)19-15-29(25-5-3-2-4-6-25)34-30(37)26-9-11-27(33)12-10-26/h2-14,29H,15-23H2,1H3,(H,34,37). The Hall–Kier alpha value is -3.20. The van der Waals surface area contributed by atoms with Crippen molar-refractivity contribution < 1.29 is 18.0 Å². The van der Waals surface area contributed by atoms with Crippen LogP contribution in [0.4, 0.5) is 0 Å². The zero-order valence-corrected chi connectivity index (χ0v) is 24.8. The number of nitrogens with zero attached hydrogens (tertiary/aromatic N) is 2. The summed E-state index contributed by atoms with van der Waals surface area (Å²) in [6.45, 7) is 3.73. The topological polar surface area (TPSA) is 86.8 Å². The average molecular weight is 594 g/mol. The van der Waals surface area contributed by atoms with Crippen molar-refractivity contribution in [2.24, 2.45) is 5.41 Å². The molecule has 2 aliphatic heterocycles. The molecule has 0 aromatic heterocycles. The summed E-state index contributed by atoms with van der Waals surface area (Å²) in [5, 5.41) is 3.80. The third kappa shape index (κ3) is 7.00. The molecule has 1 N–H and O–H groups in total. The molecule has 1 atom stereocenters. The molecular formula is C32H36ClN3O4S. The van der Waals surface area contributed by atoms with Crippen molar-refractivity contribution in [3.63, 3.8) is 0 Å². The maximum Gasteiger partial charge on any atom is 0.251 e. The Morgan fingerprint density at radius 1 is 0.927 bits per heavy atom. The molecule has 216 valence electrons. The highest BCUT2D eigenvalue weighted by Gasteiger charge is 2.47. The minimum absolute atomic E-state index is 0.129. The van der Waals surface area contributed by atoms with Gasteiger partial charge in [0.15, 0.2) is 9.84 Å². The number of rotatable bonds is 9. The van der Waals surface area contributed by atoms with Gasteiger partial charge >= 0.3 is 0 Å². The molecule has 1 spiro atoms. The molecule has 41 heavy (non-hydrogen) atoms. The van der Waals surface area contributed by atoms with Gasteiger partial charge in [0.2, 0.25) is 5.91 Å². The summed E-state index contributed by atoms with van der Waals surface area (Å²) in [5.74, 6) is 0.0810. The molecule has 0 saturated carbocycles. The molecule has 5 rings (SSSR count). The number of carbonyl (C=O) groups is 2. The summed E-state index contributed by atoms with van der Waals surface area (Å²) in [4.78, 5) is 31.1. The minimum Gasteiger partial charge on any atom is -0.345 e. The van der Waals surface area contributed by atoms with Crippen LogP contribution in [-0.2, 0) is 21.2 Å². The van der Waals surface area contributed by atoms with E-state index in [4.69, 9.17) is 11.6 Å². The van der Waals surface area contributed by atoms with Gasteiger partial charge in [0.25, 0.3) is 5.91 Å². The summed E-state index contributed by atoms with van der Waals surface area (Å²) >= 11 is 5.99. The summed E-state index contributed by atoms with van der Waals surface area (Å²) in [5.41, 5.74) is 2.26. The van der Waals surface area contributed by atoms with Crippen LogP contribution >= 0.6 is 11.6 Å². The SMILES string of the molecule is CS(=O)(=O)c1ccc(CN2CCC3(CCN(CCC(NC(=O)c4ccc(Cl)cc4)c4ccccc4)CC3)C2=O)cc1. The van der Waals surface area contributed by atoms with Crippen molar-refractivity contribution in [3.05, 3.63) is 101 Å². The van der Waals surface area contributed by atoms with Crippen LogP contribution in [0.2, 0.25) is 5.02 Å². The highest BCUT2D eigenvalue weighted by molar-refractivity contribution is 7.90. The third-order valence-electron chi connectivity index (χ3n) is 8.49. The zero-order chi connectivity index (χ0) is 29.0. The van der Waals surface area contributed by atoms with Gasteiger partial charge in [0.05, 0.1) is 16.4 Å². The molecule has 3 aromatic rings. The lowest BCUT2D eigenvalue weighted by Gasteiger charge is -2.38. The molecule has 0 radical (unpaired) electrons. The summed E-state index contributed by atoms with van der Waals surface area (Å²) in [7, 11) is -3.24. The first-order valence-electron chi connectivity index (χ1n) is 14.1. The van der Waals surface area contributed by atoms with Gasteiger partial charge in [-0.1, -0.05) is 54.1 Å². The van der Waals surface area contributed by atoms with E-state index in [9.17, 15) is 18.0 Å². The number of sulfone groups is 1. The van der Waals surface area contributed by atoms with Crippen molar-refractivity contribution >= 4 is 33.3 Å². The fraction of sp³-hybridized carbons (Fsp3) is 0.375. The van der Waals surface area contributed by atoms with Crippen LogP contribution in [0.1, 0.15) is 53.2 Å². The van der Waals surface area contributed by atoms with Gasteiger partial charge in [0, 0.05) is 36.5 Å². The second kappa shape index (κ2) is 12.3. The first kappa shape index (κ1) is 29.3. The molecule has 1 unspecified atom stereocenters. The minimum atomic E-state index is -3.24. The molecule has 2 fully saturated rings. The lowest BCUT2D eigenvalue weighted by molar-refractivity contribution is -0.138. The normalized spacial score (nSPS) is 18.0. The second-order valence-electron chi connectivity index (χ2n) is 11.2. The Morgan fingerprint density at radius 3 is 2.20 bits per heavy atom. The van der Waals surface area contributed by atoms with Crippen LogP contribution in [-0.4, -0.2) is 62.5 Å². The van der Waals surface area contributed by atoms with Crippen LogP contribution in [0.25, 0.3) is 0 Å². The molecule has 2 saturated heterocycles. The van der Waals surface area contributed by atoms with Crippen molar-refractivity contribution in [2.45, 2.75) is 43.2 Å². The molecule has 3 aromatic carbocycles. The van der Waals surface area contributed by atoms with Gasteiger partial charge in [-0.05, 0) is 86.3 Å². The fourth-order valence-electron chi connectivity index (χ4n) is 5.94. The fourth-order valence-corrected chi connectivity index (χ4v) is 6.69. The van der Waals surface area contributed by atoms with E-state index in [1.807, 2.05) is 35.2 Å². The number of benzene rings is 3. The van der Waals surface area contributed by atoms with E-state index >= 15 is 0 Å². The van der Waals surface area contributed by atoms with E-state index in [1.54, 1.807) is 48.5 Å². The van der Waals surface area contributed by atoms with Gasteiger partial charge in [-0.3, -0.25) is 9.59 Å². The first-order chi connectivity index (χ1) is 19.6. The molecule has 2 aliphatic rings. The second-order valence-corrected chi connectivity index (χ2v) is 13.7. The maximum atomic E-state index is 13.5. The number of carbonyl (C=O) groups excluding carboxylic acids is 2. The quantitative estimate of drug-likeness (QED) is 0.372. The Labute approximate surface area is 247 Å². The molecule has 2 heterocycles.